The lowest BCUT2D eigenvalue weighted by atomic mass is 10.1. The van der Waals surface area contributed by atoms with E-state index in [1.54, 1.807) is 14.0 Å². The van der Waals surface area contributed by atoms with Gasteiger partial charge in [-0.25, -0.2) is 4.79 Å². The first kappa shape index (κ1) is 26.8. The third kappa shape index (κ3) is 7.36. The summed E-state index contributed by atoms with van der Waals surface area (Å²) in [4.78, 5) is 48.0. The molecule has 3 aromatic carbocycles. The fraction of sp³-hybridized carbons (Fsp3) is 0.192. The molecule has 0 spiro atoms. The number of benzene rings is 3. The van der Waals surface area contributed by atoms with E-state index in [9.17, 15) is 24.5 Å². The second-order valence-electron chi connectivity index (χ2n) is 7.70. The SMILES string of the molecule is CCOC(=O)c1ccc(NC(=O)c2cc([N+](=O)[O-])ccc2NC(=O)CNCc2ccccc2OC)cc1. The van der Waals surface area contributed by atoms with Gasteiger partial charge in [-0.1, -0.05) is 18.2 Å². The van der Waals surface area contributed by atoms with Crippen molar-refractivity contribution in [3.8, 4) is 5.75 Å². The molecule has 0 aliphatic rings. The van der Waals surface area contributed by atoms with Crippen molar-refractivity contribution in [3.63, 3.8) is 0 Å². The topological polar surface area (TPSA) is 149 Å². The van der Waals surface area contributed by atoms with Crippen molar-refractivity contribution < 1.29 is 28.8 Å². The molecule has 0 saturated heterocycles. The lowest BCUT2D eigenvalue weighted by molar-refractivity contribution is -0.384. The van der Waals surface area contributed by atoms with Gasteiger partial charge in [0.05, 0.1) is 42.0 Å². The summed E-state index contributed by atoms with van der Waals surface area (Å²) in [5, 5.41) is 19.5. The molecular formula is C26H26N4O7. The number of carbonyl (C=O) groups excluding carboxylic acids is 3. The largest absolute Gasteiger partial charge is 0.496 e. The minimum Gasteiger partial charge on any atom is -0.496 e. The number of esters is 1. The number of carbonyl (C=O) groups is 3. The average Bonchev–Trinajstić information content (AvgIpc) is 2.89. The highest BCUT2D eigenvalue weighted by atomic mass is 16.6. The molecule has 0 saturated carbocycles. The maximum absolute atomic E-state index is 13.0. The number of rotatable bonds is 11. The second-order valence-corrected chi connectivity index (χ2v) is 7.70. The second kappa shape index (κ2) is 12.8. The Kier molecular flexibility index (Phi) is 9.28. The van der Waals surface area contributed by atoms with Gasteiger partial charge in [0.15, 0.2) is 0 Å². The number of non-ortho nitro benzene ring substituents is 1. The maximum Gasteiger partial charge on any atom is 0.338 e. The molecule has 0 bridgehead atoms. The molecule has 0 unspecified atom stereocenters. The normalized spacial score (nSPS) is 10.3. The van der Waals surface area contributed by atoms with E-state index < -0.39 is 22.7 Å². The van der Waals surface area contributed by atoms with Gasteiger partial charge in [0.1, 0.15) is 5.75 Å². The molecular weight excluding hydrogens is 480 g/mol. The number of anilines is 2. The highest BCUT2D eigenvalue weighted by molar-refractivity contribution is 6.10. The summed E-state index contributed by atoms with van der Waals surface area (Å²) in [5.74, 6) is -0.940. The van der Waals surface area contributed by atoms with Crippen LogP contribution >= 0.6 is 0 Å². The minimum atomic E-state index is -0.676. The first-order valence-electron chi connectivity index (χ1n) is 11.3. The van der Waals surface area contributed by atoms with Gasteiger partial charge in [0.2, 0.25) is 5.91 Å². The van der Waals surface area contributed by atoms with Crippen LogP contribution in [0.25, 0.3) is 0 Å². The molecule has 37 heavy (non-hydrogen) atoms. The summed E-state index contributed by atoms with van der Waals surface area (Å²) in [6.07, 6.45) is 0. The molecule has 3 aromatic rings. The van der Waals surface area contributed by atoms with Gasteiger partial charge < -0.3 is 25.4 Å². The summed E-state index contributed by atoms with van der Waals surface area (Å²) < 4.78 is 10.2. The molecule has 11 nitrogen and oxygen atoms in total. The van der Waals surface area contributed by atoms with Crippen LogP contribution in [0.4, 0.5) is 17.1 Å². The fourth-order valence-corrected chi connectivity index (χ4v) is 3.40. The van der Waals surface area contributed by atoms with Crippen LogP contribution in [-0.4, -0.2) is 43.0 Å². The van der Waals surface area contributed by atoms with E-state index in [1.165, 1.54) is 36.4 Å². The van der Waals surface area contributed by atoms with Gasteiger partial charge in [-0.3, -0.25) is 19.7 Å². The number of nitro benzene ring substituents is 1. The predicted octanol–water partition coefficient (Wildman–Crippen LogP) is 3.76. The minimum absolute atomic E-state index is 0.0780. The van der Waals surface area contributed by atoms with Gasteiger partial charge >= 0.3 is 5.97 Å². The van der Waals surface area contributed by atoms with Gasteiger partial charge in [-0.2, -0.15) is 0 Å². The Balaban J connectivity index is 1.70. The van der Waals surface area contributed by atoms with Crippen LogP contribution < -0.4 is 20.7 Å². The zero-order valence-corrected chi connectivity index (χ0v) is 20.3. The zero-order valence-electron chi connectivity index (χ0n) is 20.3. The van der Waals surface area contributed by atoms with Crippen molar-refractivity contribution in [2.75, 3.05) is 30.9 Å². The summed E-state index contributed by atoms with van der Waals surface area (Å²) in [6, 6.07) is 16.9. The molecule has 0 fully saturated rings. The first-order chi connectivity index (χ1) is 17.8. The Morgan fingerprint density at radius 2 is 1.70 bits per heavy atom. The molecule has 0 aliphatic carbocycles. The molecule has 0 aromatic heterocycles. The highest BCUT2D eigenvalue weighted by Gasteiger charge is 2.19. The summed E-state index contributed by atoms with van der Waals surface area (Å²) in [5.41, 5.74) is 1.22. The van der Waals surface area contributed by atoms with Gasteiger partial charge in [0, 0.05) is 29.9 Å². The van der Waals surface area contributed by atoms with E-state index in [0.29, 0.717) is 23.5 Å². The van der Waals surface area contributed by atoms with Crippen LogP contribution in [0.2, 0.25) is 0 Å². The molecule has 192 valence electrons. The Morgan fingerprint density at radius 3 is 2.38 bits per heavy atom. The first-order valence-corrected chi connectivity index (χ1v) is 11.3. The van der Waals surface area contributed by atoms with Gasteiger partial charge in [0.25, 0.3) is 11.6 Å². The number of nitrogens with zero attached hydrogens (tertiary/aromatic N) is 1. The van der Waals surface area contributed by atoms with Crippen LogP contribution in [0, 0.1) is 10.1 Å². The van der Waals surface area contributed by atoms with Crippen molar-refractivity contribution in [3.05, 3.63) is 93.5 Å². The molecule has 0 atom stereocenters. The highest BCUT2D eigenvalue weighted by Crippen LogP contribution is 2.24. The molecule has 3 N–H and O–H groups in total. The summed E-state index contributed by atoms with van der Waals surface area (Å²) in [6.45, 7) is 2.21. The van der Waals surface area contributed by atoms with Crippen molar-refractivity contribution in [2.24, 2.45) is 0 Å². The van der Waals surface area contributed by atoms with E-state index >= 15 is 0 Å². The molecule has 2 amide bonds. The van der Waals surface area contributed by atoms with Gasteiger partial charge in [-0.05, 0) is 43.3 Å². The third-order valence-electron chi connectivity index (χ3n) is 5.18. The number of methoxy groups -OCH3 is 1. The van der Waals surface area contributed by atoms with Gasteiger partial charge in [-0.15, -0.1) is 0 Å². The standard InChI is InChI=1S/C26H26N4O7/c1-3-37-26(33)17-8-10-19(11-9-17)28-25(32)21-14-20(30(34)35)12-13-22(21)29-24(31)16-27-15-18-6-4-5-7-23(18)36-2/h4-14,27H,3,15-16H2,1-2H3,(H,28,32)(H,29,31). The van der Waals surface area contributed by atoms with E-state index in [-0.39, 0.29) is 30.1 Å². The van der Waals surface area contributed by atoms with Crippen molar-refractivity contribution in [1.82, 2.24) is 5.32 Å². The van der Waals surface area contributed by atoms with Crippen LogP contribution in [0.3, 0.4) is 0 Å². The van der Waals surface area contributed by atoms with Crippen LogP contribution in [-0.2, 0) is 16.1 Å². The Hall–Kier alpha value is -4.77. The lowest BCUT2D eigenvalue weighted by Crippen LogP contribution is -2.28. The lowest BCUT2D eigenvalue weighted by Gasteiger charge is -2.13. The number of ether oxygens (including phenoxy) is 2. The number of nitro groups is 1. The van der Waals surface area contributed by atoms with Crippen LogP contribution in [0.15, 0.2) is 66.7 Å². The van der Waals surface area contributed by atoms with Crippen LogP contribution in [0.5, 0.6) is 5.75 Å². The molecule has 11 heteroatoms. The summed E-state index contributed by atoms with van der Waals surface area (Å²) in [7, 11) is 1.56. The molecule has 0 heterocycles. The summed E-state index contributed by atoms with van der Waals surface area (Å²) >= 11 is 0. The van der Waals surface area contributed by atoms with E-state index in [0.717, 1.165) is 11.6 Å². The Morgan fingerprint density at radius 1 is 0.973 bits per heavy atom. The molecule has 3 rings (SSSR count). The maximum atomic E-state index is 13.0. The monoisotopic (exact) mass is 506 g/mol. The number of para-hydroxylation sites is 1. The van der Waals surface area contributed by atoms with Crippen LogP contribution in [0.1, 0.15) is 33.2 Å². The van der Waals surface area contributed by atoms with Crippen molar-refractivity contribution in [1.29, 1.82) is 0 Å². The quantitative estimate of drug-likeness (QED) is 0.202. The van der Waals surface area contributed by atoms with E-state index in [4.69, 9.17) is 9.47 Å². The smallest absolute Gasteiger partial charge is 0.338 e. The number of amides is 2. The Labute approximate surface area is 212 Å². The number of nitrogens with one attached hydrogen (secondary N) is 3. The molecule has 0 aliphatic heterocycles. The number of hydrogen-bond donors (Lipinski definition) is 3. The Bertz CT molecular complexity index is 1290. The van der Waals surface area contributed by atoms with E-state index in [2.05, 4.69) is 16.0 Å². The fourth-order valence-electron chi connectivity index (χ4n) is 3.40. The van der Waals surface area contributed by atoms with Crippen molar-refractivity contribution in [2.45, 2.75) is 13.5 Å². The molecule has 0 radical (unpaired) electrons. The zero-order chi connectivity index (χ0) is 26.8. The third-order valence-corrected chi connectivity index (χ3v) is 5.18. The predicted molar refractivity (Wildman–Crippen MR) is 137 cm³/mol. The van der Waals surface area contributed by atoms with Crippen molar-refractivity contribution >= 4 is 34.8 Å². The van der Waals surface area contributed by atoms with E-state index in [1.807, 2.05) is 24.3 Å². The number of hydrogen-bond acceptors (Lipinski definition) is 8. The average molecular weight is 507 g/mol.